The number of carboxylic acid groups (broad SMARTS) is 2. The molecule has 9 heteroatoms. The Labute approximate surface area is 158 Å². The van der Waals surface area contributed by atoms with Crippen molar-refractivity contribution in [1.29, 1.82) is 0 Å². The van der Waals surface area contributed by atoms with Crippen LogP contribution in [-0.2, 0) is 38.9 Å². The number of anilines is 1. The van der Waals surface area contributed by atoms with Gasteiger partial charge in [-0.25, -0.2) is 18.0 Å². The van der Waals surface area contributed by atoms with Crippen LogP contribution in [0.4, 0.5) is 5.69 Å². The molecule has 0 radical (unpaired) electrons. The van der Waals surface area contributed by atoms with Crippen LogP contribution in [0, 0.1) is 0 Å². The second-order valence-corrected chi connectivity index (χ2v) is 8.35. The SMILES string of the molecule is CS(=O)(=O)N1CCCc2cc3c(cc21)CCNCC3.O=C(O)/C=C/C(=O)O. The van der Waals surface area contributed by atoms with Gasteiger partial charge in [0.2, 0.25) is 10.0 Å². The molecule has 0 bridgehead atoms. The van der Waals surface area contributed by atoms with E-state index in [0.29, 0.717) is 18.7 Å². The van der Waals surface area contributed by atoms with Gasteiger partial charge >= 0.3 is 11.9 Å². The molecule has 8 nitrogen and oxygen atoms in total. The highest BCUT2D eigenvalue weighted by Crippen LogP contribution is 2.32. The van der Waals surface area contributed by atoms with Crippen LogP contribution in [0.1, 0.15) is 23.1 Å². The number of fused-ring (bicyclic) bond motifs is 2. The van der Waals surface area contributed by atoms with Gasteiger partial charge < -0.3 is 15.5 Å². The molecular weight excluding hydrogens is 372 g/mol. The van der Waals surface area contributed by atoms with Crippen molar-refractivity contribution < 1.29 is 28.2 Å². The van der Waals surface area contributed by atoms with Crippen LogP contribution in [0.15, 0.2) is 24.3 Å². The number of carbonyl (C=O) groups is 2. The zero-order chi connectivity index (χ0) is 20.0. The maximum atomic E-state index is 11.9. The maximum absolute atomic E-state index is 11.9. The van der Waals surface area contributed by atoms with Gasteiger partial charge in [0.1, 0.15) is 0 Å². The van der Waals surface area contributed by atoms with Crippen LogP contribution in [-0.4, -0.2) is 56.5 Å². The summed E-state index contributed by atoms with van der Waals surface area (Å²) in [7, 11) is -3.16. The van der Waals surface area contributed by atoms with Crippen LogP contribution in [0.25, 0.3) is 0 Å². The fourth-order valence-corrected chi connectivity index (χ4v) is 4.20. The average Bonchev–Trinajstić information content (AvgIpc) is 2.82. The van der Waals surface area contributed by atoms with Crippen molar-refractivity contribution in [3.05, 3.63) is 41.0 Å². The summed E-state index contributed by atoms with van der Waals surface area (Å²) in [4.78, 5) is 19.1. The molecule has 27 heavy (non-hydrogen) atoms. The van der Waals surface area contributed by atoms with Gasteiger partial charge in [0.15, 0.2) is 0 Å². The molecule has 0 aliphatic carbocycles. The molecule has 0 saturated carbocycles. The smallest absolute Gasteiger partial charge is 0.328 e. The number of nitrogens with zero attached hydrogens (tertiary/aromatic N) is 1. The molecule has 1 aromatic carbocycles. The molecule has 1 aromatic rings. The molecule has 3 rings (SSSR count). The van der Waals surface area contributed by atoms with Crippen LogP contribution in [0.5, 0.6) is 0 Å². The predicted octanol–water partition coefficient (Wildman–Crippen LogP) is 0.799. The van der Waals surface area contributed by atoms with Gasteiger partial charge in [0.05, 0.1) is 11.9 Å². The van der Waals surface area contributed by atoms with Gasteiger partial charge in [-0.05, 0) is 61.5 Å². The van der Waals surface area contributed by atoms with E-state index in [0.717, 1.165) is 44.5 Å². The van der Waals surface area contributed by atoms with Crippen molar-refractivity contribution in [3.8, 4) is 0 Å². The van der Waals surface area contributed by atoms with E-state index in [1.54, 1.807) is 4.31 Å². The fraction of sp³-hybridized carbons (Fsp3) is 0.444. The zero-order valence-electron chi connectivity index (χ0n) is 15.1. The lowest BCUT2D eigenvalue weighted by Gasteiger charge is -2.30. The first-order valence-electron chi connectivity index (χ1n) is 8.65. The van der Waals surface area contributed by atoms with Gasteiger partial charge in [-0.3, -0.25) is 4.31 Å². The molecule has 0 fully saturated rings. The largest absolute Gasteiger partial charge is 0.478 e. The van der Waals surface area contributed by atoms with Gasteiger partial charge in [-0.15, -0.1) is 0 Å². The minimum Gasteiger partial charge on any atom is -0.478 e. The Bertz CT molecular complexity index is 832. The summed E-state index contributed by atoms with van der Waals surface area (Å²) in [5.74, 6) is -2.51. The fourth-order valence-electron chi connectivity index (χ4n) is 3.22. The van der Waals surface area contributed by atoms with E-state index in [1.165, 1.54) is 22.9 Å². The van der Waals surface area contributed by atoms with Gasteiger partial charge in [-0.2, -0.15) is 0 Å². The number of aryl methyl sites for hydroxylation is 1. The molecule has 0 atom stereocenters. The van der Waals surface area contributed by atoms with E-state index in [4.69, 9.17) is 10.2 Å². The summed E-state index contributed by atoms with van der Waals surface area (Å²) in [5.41, 5.74) is 4.80. The van der Waals surface area contributed by atoms with Gasteiger partial charge in [-0.1, -0.05) is 6.07 Å². The first-order chi connectivity index (χ1) is 12.7. The molecular formula is C18H24N2O6S. The topological polar surface area (TPSA) is 124 Å². The minimum absolute atomic E-state index is 0.558. The van der Waals surface area contributed by atoms with Gasteiger partial charge in [0.25, 0.3) is 0 Å². The number of carboxylic acids is 2. The molecule has 2 heterocycles. The number of sulfonamides is 1. The zero-order valence-corrected chi connectivity index (χ0v) is 16.0. The maximum Gasteiger partial charge on any atom is 0.328 e. The third-order valence-corrected chi connectivity index (χ3v) is 5.57. The highest BCUT2D eigenvalue weighted by atomic mass is 32.2. The molecule has 148 valence electrons. The molecule has 3 N–H and O–H groups in total. The average molecular weight is 396 g/mol. The summed E-state index contributed by atoms with van der Waals surface area (Å²) in [5, 5.41) is 19.0. The van der Waals surface area contributed by atoms with Gasteiger partial charge in [0, 0.05) is 18.7 Å². The Hall–Kier alpha value is -2.39. The Morgan fingerprint density at radius 1 is 1.00 bits per heavy atom. The Kier molecular flexibility index (Phi) is 6.98. The normalized spacial score (nSPS) is 16.6. The summed E-state index contributed by atoms with van der Waals surface area (Å²) in [6, 6.07) is 4.34. The van der Waals surface area contributed by atoms with Crippen LogP contribution < -0.4 is 9.62 Å². The summed E-state index contributed by atoms with van der Waals surface area (Å²) >= 11 is 0. The Balaban J connectivity index is 0.000000279. The highest BCUT2D eigenvalue weighted by molar-refractivity contribution is 7.92. The number of hydrogen-bond donors (Lipinski definition) is 3. The molecule has 2 aliphatic rings. The van der Waals surface area contributed by atoms with E-state index in [-0.39, 0.29) is 0 Å². The van der Waals surface area contributed by atoms with E-state index in [9.17, 15) is 18.0 Å². The molecule has 0 spiro atoms. The molecule has 0 unspecified atom stereocenters. The van der Waals surface area contributed by atoms with Crippen LogP contribution in [0.3, 0.4) is 0 Å². The molecule has 2 aliphatic heterocycles. The second kappa shape index (κ2) is 9.01. The quantitative estimate of drug-likeness (QED) is 0.646. The number of aliphatic carboxylic acids is 2. The van der Waals surface area contributed by atoms with E-state index < -0.39 is 22.0 Å². The first kappa shape index (κ1) is 20.9. The molecule has 0 amide bonds. The number of rotatable bonds is 3. The predicted molar refractivity (Wildman–Crippen MR) is 102 cm³/mol. The van der Waals surface area contributed by atoms with Crippen molar-refractivity contribution in [1.82, 2.24) is 5.32 Å². The minimum atomic E-state index is -3.16. The lowest BCUT2D eigenvalue weighted by molar-refractivity contribution is -0.134. The van der Waals surface area contributed by atoms with Crippen LogP contribution in [0.2, 0.25) is 0 Å². The highest BCUT2D eigenvalue weighted by Gasteiger charge is 2.25. The van der Waals surface area contributed by atoms with Crippen molar-refractivity contribution in [2.75, 3.05) is 30.2 Å². The monoisotopic (exact) mass is 396 g/mol. The summed E-state index contributed by atoms with van der Waals surface area (Å²) in [6.07, 6.45) is 6.35. The standard InChI is InChI=1S/C14H20N2O2S.C4H4O4/c1-19(17,18)16-8-2-3-13-9-11-4-6-15-7-5-12(11)10-14(13)16;5-3(6)1-2-4(7)8/h9-10,15H,2-8H2,1H3;1-2H,(H,5,6)(H,7,8)/b;2-1+. The van der Waals surface area contributed by atoms with E-state index in [2.05, 4.69) is 17.4 Å². The molecule has 0 saturated heterocycles. The lowest BCUT2D eigenvalue weighted by atomic mass is 9.94. The Morgan fingerprint density at radius 2 is 1.56 bits per heavy atom. The summed E-state index contributed by atoms with van der Waals surface area (Å²) < 4.78 is 25.4. The van der Waals surface area contributed by atoms with Crippen molar-refractivity contribution >= 4 is 27.6 Å². The van der Waals surface area contributed by atoms with Crippen molar-refractivity contribution in [3.63, 3.8) is 0 Å². The Morgan fingerprint density at radius 3 is 2.07 bits per heavy atom. The first-order valence-corrected chi connectivity index (χ1v) is 10.5. The van der Waals surface area contributed by atoms with Crippen LogP contribution >= 0.6 is 0 Å². The molecule has 0 aromatic heterocycles. The second-order valence-electron chi connectivity index (χ2n) is 6.45. The van der Waals surface area contributed by atoms with E-state index in [1.807, 2.05) is 0 Å². The number of benzene rings is 1. The van der Waals surface area contributed by atoms with Crippen molar-refractivity contribution in [2.45, 2.75) is 25.7 Å². The number of nitrogens with one attached hydrogen (secondary N) is 1. The lowest BCUT2D eigenvalue weighted by Crippen LogP contribution is -2.34. The summed E-state index contributed by atoms with van der Waals surface area (Å²) in [6.45, 7) is 2.61. The van der Waals surface area contributed by atoms with E-state index >= 15 is 0 Å². The third kappa shape index (κ3) is 6.07. The third-order valence-electron chi connectivity index (χ3n) is 4.39. The van der Waals surface area contributed by atoms with Crippen molar-refractivity contribution in [2.24, 2.45) is 0 Å². The number of hydrogen-bond acceptors (Lipinski definition) is 5.